The number of halogens is 1. The molecule has 0 atom stereocenters. The average Bonchev–Trinajstić information content (AvgIpc) is 3.50. The van der Waals surface area contributed by atoms with Crippen LogP contribution < -0.4 is 10.9 Å². The number of hydrogen-bond acceptors (Lipinski definition) is 6. The zero-order valence-electron chi connectivity index (χ0n) is 17.3. The van der Waals surface area contributed by atoms with Crippen LogP contribution in [0, 0.1) is 0 Å². The summed E-state index contributed by atoms with van der Waals surface area (Å²) in [4.78, 5) is 32.0. The molecular weight excluding hydrogens is 466 g/mol. The Bertz CT molecular complexity index is 1370. The topological polar surface area (TPSA) is 77.1 Å². The van der Waals surface area contributed by atoms with E-state index in [0.29, 0.717) is 15.9 Å². The maximum absolute atomic E-state index is 12.9. The van der Waals surface area contributed by atoms with Gasteiger partial charge in [-0.25, -0.2) is 4.98 Å². The molecule has 1 aromatic carbocycles. The number of fused-ring (bicyclic) bond motifs is 3. The number of carbonyl (C=O) groups excluding carboxylic acids is 1. The smallest absolute Gasteiger partial charge is 0.262 e. The van der Waals surface area contributed by atoms with Crippen molar-refractivity contribution in [3.8, 4) is 11.3 Å². The van der Waals surface area contributed by atoms with Gasteiger partial charge in [0.25, 0.3) is 5.56 Å². The van der Waals surface area contributed by atoms with Crippen molar-refractivity contribution >= 4 is 50.8 Å². The Labute approximate surface area is 197 Å². The summed E-state index contributed by atoms with van der Waals surface area (Å²) in [5.41, 5.74) is 2.07. The Morgan fingerprint density at radius 3 is 2.88 bits per heavy atom. The normalized spacial score (nSPS) is 12.9. The fourth-order valence-electron chi connectivity index (χ4n) is 3.84. The van der Waals surface area contributed by atoms with Gasteiger partial charge in [-0.05, 0) is 61.2 Å². The van der Waals surface area contributed by atoms with Gasteiger partial charge >= 0.3 is 0 Å². The summed E-state index contributed by atoms with van der Waals surface area (Å²) in [6.07, 6.45) is 3.08. The molecule has 0 radical (unpaired) electrons. The van der Waals surface area contributed by atoms with E-state index >= 15 is 0 Å². The molecule has 4 aromatic rings. The molecule has 9 heteroatoms. The molecule has 32 heavy (non-hydrogen) atoms. The van der Waals surface area contributed by atoms with Crippen LogP contribution in [0.15, 0.2) is 50.8 Å². The highest BCUT2D eigenvalue weighted by molar-refractivity contribution is 7.99. The SMILES string of the molecule is Cn1c(SCC(=O)NCc2ccc(-c3ccc(Cl)cc3)o2)nc2sc3c(c2c1=O)CCC3. The zero-order chi connectivity index (χ0) is 22.2. The fourth-order valence-corrected chi connectivity index (χ4v) is 6.07. The average molecular weight is 486 g/mol. The first kappa shape index (κ1) is 21.3. The van der Waals surface area contributed by atoms with E-state index < -0.39 is 0 Å². The predicted molar refractivity (Wildman–Crippen MR) is 129 cm³/mol. The summed E-state index contributed by atoms with van der Waals surface area (Å²) < 4.78 is 7.37. The highest BCUT2D eigenvalue weighted by Crippen LogP contribution is 2.35. The molecule has 164 valence electrons. The van der Waals surface area contributed by atoms with Crippen LogP contribution in [0.2, 0.25) is 5.02 Å². The van der Waals surface area contributed by atoms with Crippen molar-refractivity contribution in [3.63, 3.8) is 0 Å². The molecule has 0 saturated carbocycles. The van der Waals surface area contributed by atoms with Gasteiger partial charge in [0.05, 0.1) is 17.7 Å². The van der Waals surface area contributed by atoms with Crippen molar-refractivity contribution in [1.82, 2.24) is 14.9 Å². The number of aromatic nitrogens is 2. The maximum Gasteiger partial charge on any atom is 0.262 e. The van der Waals surface area contributed by atoms with Crippen molar-refractivity contribution < 1.29 is 9.21 Å². The van der Waals surface area contributed by atoms with Crippen molar-refractivity contribution in [2.75, 3.05) is 5.75 Å². The van der Waals surface area contributed by atoms with Crippen molar-refractivity contribution in [3.05, 3.63) is 68.0 Å². The minimum absolute atomic E-state index is 0.0253. The van der Waals surface area contributed by atoms with Gasteiger partial charge in [-0.15, -0.1) is 11.3 Å². The van der Waals surface area contributed by atoms with Crippen LogP contribution in [0.3, 0.4) is 0 Å². The van der Waals surface area contributed by atoms with E-state index in [1.807, 2.05) is 24.3 Å². The number of benzene rings is 1. The second kappa shape index (κ2) is 8.77. The first-order valence-electron chi connectivity index (χ1n) is 10.2. The maximum atomic E-state index is 12.9. The third-order valence-electron chi connectivity index (χ3n) is 5.49. The molecule has 5 rings (SSSR count). The second-order valence-electron chi connectivity index (χ2n) is 7.63. The molecule has 3 heterocycles. The lowest BCUT2D eigenvalue weighted by Gasteiger charge is -2.08. The van der Waals surface area contributed by atoms with Crippen LogP contribution in [0.4, 0.5) is 0 Å². The van der Waals surface area contributed by atoms with Gasteiger partial charge in [-0.2, -0.15) is 0 Å². The van der Waals surface area contributed by atoms with Crippen LogP contribution in [-0.2, 0) is 31.2 Å². The third kappa shape index (κ3) is 4.10. The molecule has 1 N–H and O–H groups in total. The highest BCUT2D eigenvalue weighted by Gasteiger charge is 2.22. The molecule has 1 amide bonds. The predicted octanol–water partition coefficient (Wildman–Crippen LogP) is 4.81. The van der Waals surface area contributed by atoms with Gasteiger partial charge in [0, 0.05) is 22.5 Å². The number of nitrogens with zero attached hydrogens (tertiary/aromatic N) is 2. The summed E-state index contributed by atoms with van der Waals surface area (Å²) in [5, 5.41) is 4.84. The van der Waals surface area contributed by atoms with Crippen LogP contribution in [0.1, 0.15) is 22.6 Å². The molecule has 0 aliphatic heterocycles. The lowest BCUT2D eigenvalue weighted by molar-refractivity contribution is -0.118. The largest absolute Gasteiger partial charge is 0.459 e. The van der Waals surface area contributed by atoms with Crippen LogP contribution in [0.5, 0.6) is 0 Å². The summed E-state index contributed by atoms with van der Waals surface area (Å²) in [5.74, 6) is 1.40. The Kier molecular flexibility index (Phi) is 5.84. The molecule has 6 nitrogen and oxygen atoms in total. The monoisotopic (exact) mass is 485 g/mol. The van der Waals surface area contributed by atoms with E-state index in [1.165, 1.54) is 22.2 Å². The number of amides is 1. The highest BCUT2D eigenvalue weighted by atomic mass is 35.5. The number of nitrogens with one attached hydrogen (secondary N) is 1. The molecule has 0 bridgehead atoms. The Morgan fingerprint density at radius 1 is 1.25 bits per heavy atom. The number of thioether (sulfide) groups is 1. The van der Waals surface area contributed by atoms with Gasteiger partial charge in [-0.1, -0.05) is 23.4 Å². The van der Waals surface area contributed by atoms with Crippen LogP contribution >= 0.6 is 34.7 Å². The van der Waals surface area contributed by atoms with Gasteiger partial charge in [0.15, 0.2) is 5.16 Å². The van der Waals surface area contributed by atoms with E-state index in [1.54, 1.807) is 35.1 Å². The van der Waals surface area contributed by atoms with E-state index in [2.05, 4.69) is 10.3 Å². The second-order valence-corrected chi connectivity index (χ2v) is 10.1. The first-order valence-corrected chi connectivity index (χ1v) is 12.4. The molecule has 0 fully saturated rings. The summed E-state index contributed by atoms with van der Waals surface area (Å²) in [6.45, 7) is 0.288. The van der Waals surface area contributed by atoms with E-state index in [0.717, 1.165) is 40.8 Å². The summed E-state index contributed by atoms with van der Waals surface area (Å²) in [7, 11) is 1.72. The Morgan fingerprint density at radius 2 is 2.06 bits per heavy atom. The van der Waals surface area contributed by atoms with Crippen molar-refractivity contribution in [2.24, 2.45) is 7.05 Å². The molecule has 1 aliphatic carbocycles. The molecule has 0 unspecified atom stereocenters. The zero-order valence-corrected chi connectivity index (χ0v) is 19.7. The fraction of sp³-hybridized carbons (Fsp3) is 0.261. The number of rotatable bonds is 6. The molecule has 3 aromatic heterocycles. The van der Waals surface area contributed by atoms with E-state index in [9.17, 15) is 9.59 Å². The first-order chi connectivity index (χ1) is 15.5. The molecule has 1 aliphatic rings. The van der Waals surface area contributed by atoms with Crippen molar-refractivity contribution in [2.45, 2.75) is 31.0 Å². The Balaban J connectivity index is 1.21. The van der Waals surface area contributed by atoms with Gasteiger partial charge < -0.3 is 9.73 Å². The van der Waals surface area contributed by atoms with E-state index in [4.69, 9.17) is 16.0 Å². The quantitative estimate of drug-likeness (QED) is 0.313. The number of thiophene rings is 1. The molecular formula is C23H20ClN3O3S2. The minimum atomic E-state index is -0.150. The summed E-state index contributed by atoms with van der Waals surface area (Å²) >= 11 is 8.80. The molecule has 0 spiro atoms. The summed E-state index contributed by atoms with van der Waals surface area (Å²) in [6, 6.07) is 11.1. The standard InChI is InChI=1S/C23H20ClN3O3S2/c1-27-22(29)20-16-3-2-4-18(16)32-21(20)26-23(27)31-12-19(28)25-11-15-9-10-17(30-15)13-5-7-14(24)8-6-13/h5-10H,2-4,11-12H2,1H3,(H,25,28). The third-order valence-corrected chi connectivity index (χ3v) is 7.96. The van der Waals surface area contributed by atoms with Gasteiger partial charge in [0.2, 0.25) is 5.91 Å². The van der Waals surface area contributed by atoms with Crippen LogP contribution in [0.25, 0.3) is 21.5 Å². The number of carbonyl (C=O) groups is 1. The lowest BCUT2D eigenvalue weighted by atomic mass is 10.2. The number of hydrogen-bond donors (Lipinski definition) is 1. The number of furan rings is 1. The van der Waals surface area contributed by atoms with E-state index in [-0.39, 0.29) is 23.8 Å². The van der Waals surface area contributed by atoms with Gasteiger partial charge in [0.1, 0.15) is 16.4 Å². The Hall–Kier alpha value is -2.55. The lowest BCUT2D eigenvalue weighted by Crippen LogP contribution is -2.25. The molecule has 0 saturated heterocycles. The van der Waals surface area contributed by atoms with Crippen LogP contribution in [-0.4, -0.2) is 21.2 Å². The minimum Gasteiger partial charge on any atom is -0.459 e. The number of aryl methyl sites for hydroxylation is 2. The van der Waals surface area contributed by atoms with Crippen molar-refractivity contribution in [1.29, 1.82) is 0 Å². The van der Waals surface area contributed by atoms with Gasteiger partial charge in [-0.3, -0.25) is 14.2 Å².